The molecule has 5 nitrogen and oxygen atoms in total. The van der Waals surface area contributed by atoms with Crippen molar-refractivity contribution in [3.63, 3.8) is 0 Å². The van der Waals surface area contributed by atoms with Crippen molar-refractivity contribution < 1.29 is 4.74 Å². The molecule has 0 aliphatic carbocycles. The van der Waals surface area contributed by atoms with E-state index in [2.05, 4.69) is 27.6 Å². The lowest BCUT2D eigenvalue weighted by molar-refractivity contribution is 0.184. The minimum Gasteiger partial charge on any atom is -0.380 e. The predicted octanol–water partition coefficient (Wildman–Crippen LogP) is 1.25. The molecule has 96 valence electrons. The molecule has 0 saturated carbocycles. The van der Waals surface area contributed by atoms with Crippen LogP contribution < -0.4 is 5.32 Å². The lowest BCUT2D eigenvalue weighted by Gasteiger charge is -2.09. The summed E-state index contributed by atoms with van der Waals surface area (Å²) < 4.78 is 7.10. The number of benzene rings is 1. The van der Waals surface area contributed by atoms with Gasteiger partial charge in [-0.3, -0.25) is 0 Å². The van der Waals surface area contributed by atoms with Crippen molar-refractivity contribution in [2.45, 2.75) is 19.7 Å². The highest BCUT2D eigenvalue weighted by Crippen LogP contribution is 2.09. The minimum atomic E-state index is 0.641. The quantitative estimate of drug-likeness (QED) is 0.833. The van der Waals surface area contributed by atoms with Crippen LogP contribution in [0.2, 0.25) is 0 Å². The summed E-state index contributed by atoms with van der Waals surface area (Å²) in [5.41, 5.74) is 2.46. The summed E-state index contributed by atoms with van der Waals surface area (Å²) >= 11 is 0. The highest BCUT2D eigenvalue weighted by Gasteiger charge is 2.03. The molecule has 0 radical (unpaired) electrons. The van der Waals surface area contributed by atoms with Crippen molar-refractivity contribution >= 4 is 0 Å². The van der Waals surface area contributed by atoms with Crippen LogP contribution in [0.15, 0.2) is 30.6 Å². The number of rotatable bonds is 6. The van der Waals surface area contributed by atoms with Crippen LogP contribution >= 0.6 is 0 Å². The number of aryl methyl sites for hydroxylation is 1. The number of hydrogen-bond donors (Lipinski definition) is 1. The van der Waals surface area contributed by atoms with E-state index in [0.29, 0.717) is 13.2 Å². The van der Waals surface area contributed by atoms with Crippen LogP contribution in [0.4, 0.5) is 0 Å². The minimum absolute atomic E-state index is 0.641. The topological polar surface area (TPSA) is 52.0 Å². The Balaban J connectivity index is 1.92. The van der Waals surface area contributed by atoms with Crippen molar-refractivity contribution in [2.75, 3.05) is 7.11 Å². The normalized spacial score (nSPS) is 10.8. The Morgan fingerprint density at radius 1 is 1.22 bits per heavy atom. The molecule has 0 aliphatic rings. The molecule has 2 aromatic rings. The molecule has 1 heterocycles. The summed E-state index contributed by atoms with van der Waals surface area (Å²) in [6.45, 7) is 2.14. The average Bonchev–Trinajstić information content (AvgIpc) is 2.78. The van der Waals surface area contributed by atoms with Crippen molar-refractivity contribution in [3.8, 4) is 0 Å². The monoisotopic (exact) mass is 246 g/mol. The van der Waals surface area contributed by atoms with E-state index in [4.69, 9.17) is 4.74 Å². The molecule has 1 aromatic carbocycles. The fourth-order valence-electron chi connectivity index (χ4n) is 1.80. The van der Waals surface area contributed by atoms with Gasteiger partial charge in [0, 0.05) is 20.7 Å². The molecule has 0 spiro atoms. The molecule has 1 N–H and O–H groups in total. The van der Waals surface area contributed by atoms with Gasteiger partial charge in [-0.2, -0.15) is 0 Å². The van der Waals surface area contributed by atoms with Crippen molar-refractivity contribution in [2.24, 2.45) is 7.05 Å². The first-order valence-electron chi connectivity index (χ1n) is 5.90. The van der Waals surface area contributed by atoms with Gasteiger partial charge in [-0.1, -0.05) is 24.3 Å². The summed E-state index contributed by atoms with van der Waals surface area (Å²) in [5, 5.41) is 11.2. The zero-order chi connectivity index (χ0) is 12.8. The first kappa shape index (κ1) is 12.7. The number of aromatic nitrogens is 3. The lowest BCUT2D eigenvalue weighted by atomic mass is 10.1. The third-order valence-electron chi connectivity index (χ3n) is 2.82. The maximum atomic E-state index is 5.19. The Labute approximate surface area is 107 Å². The van der Waals surface area contributed by atoms with Crippen LogP contribution in [0.1, 0.15) is 17.0 Å². The second-order valence-electron chi connectivity index (χ2n) is 4.16. The van der Waals surface area contributed by atoms with E-state index in [1.54, 1.807) is 13.4 Å². The summed E-state index contributed by atoms with van der Waals surface area (Å²) in [6, 6.07) is 8.26. The first-order chi connectivity index (χ1) is 8.81. The third-order valence-corrected chi connectivity index (χ3v) is 2.82. The Morgan fingerprint density at radius 2 is 2.00 bits per heavy atom. The molecule has 1 aromatic heterocycles. The summed E-state index contributed by atoms with van der Waals surface area (Å²) in [4.78, 5) is 0. The van der Waals surface area contributed by atoms with Crippen LogP contribution in [0.5, 0.6) is 0 Å². The molecule has 0 aliphatic heterocycles. The zero-order valence-electron chi connectivity index (χ0n) is 10.8. The van der Waals surface area contributed by atoms with E-state index < -0.39 is 0 Å². The van der Waals surface area contributed by atoms with Gasteiger partial charge in [-0.15, -0.1) is 10.2 Å². The van der Waals surface area contributed by atoms with E-state index in [1.165, 1.54) is 11.1 Å². The highest BCUT2D eigenvalue weighted by atomic mass is 16.5. The van der Waals surface area contributed by atoms with E-state index in [-0.39, 0.29) is 0 Å². The lowest BCUT2D eigenvalue weighted by Crippen LogP contribution is -2.16. The third kappa shape index (κ3) is 3.15. The second kappa shape index (κ2) is 6.28. The van der Waals surface area contributed by atoms with Gasteiger partial charge >= 0.3 is 0 Å². The Kier molecular flexibility index (Phi) is 4.44. The molecule has 0 amide bonds. The number of nitrogens with zero attached hydrogens (tertiary/aromatic N) is 3. The van der Waals surface area contributed by atoms with Gasteiger partial charge in [0.15, 0.2) is 0 Å². The van der Waals surface area contributed by atoms with Gasteiger partial charge in [0.2, 0.25) is 0 Å². The van der Waals surface area contributed by atoms with Crippen LogP contribution in [-0.4, -0.2) is 21.9 Å². The SMILES string of the molecule is COCc1ccccc1CNCc1nncn1C. The van der Waals surface area contributed by atoms with Crippen LogP contribution in [0.25, 0.3) is 0 Å². The fourth-order valence-corrected chi connectivity index (χ4v) is 1.80. The first-order valence-corrected chi connectivity index (χ1v) is 5.90. The molecule has 18 heavy (non-hydrogen) atoms. The molecule has 0 atom stereocenters. The maximum absolute atomic E-state index is 5.19. The molecule has 0 fully saturated rings. The van der Waals surface area contributed by atoms with Crippen molar-refractivity contribution in [1.82, 2.24) is 20.1 Å². The van der Waals surface area contributed by atoms with Gasteiger partial charge in [0.1, 0.15) is 12.2 Å². The number of nitrogens with one attached hydrogen (secondary N) is 1. The van der Waals surface area contributed by atoms with E-state index in [9.17, 15) is 0 Å². The summed E-state index contributed by atoms with van der Waals surface area (Å²) in [5.74, 6) is 0.930. The van der Waals surface area contributed by atoms with Crippen LogP contribution in [-0.2, 0) is 31.5 Å². The standard InChI is InChI=1S/C13H18N4O/c1-17-10-15-16-13(17)8-14-7-11-5-3-4-6-12(11)9-18-2/h3-6,10,14H,7-9H2,1-2H3. The Bertz CT molecular complexity index is 495. The van der Waals surface area contributed by atoms with E-state index in [1.807, 2.05) is 23.7 Å². The van der Waals surface area contributed by atoms with Crippen molar-refractivity contribution in [1.29, 1.82) is 0 Å². The Morgan fingerprint density at radius 3 is 2.67 bits per heavy atom. The molecule has 0 saturated heterocycles. The Hall–Kier alpha value is -1.72. The zero-order valence-corrected chi connectivity index (χ0v) is 10.8. The van der Waals surface area contributed by atoms with Crippen molar-refractivity contribution in [3.05, 3.63) is 47.5 Å². The van der Waals surface area contributed by atoms with Gasteiger partial charge in [-0.25, -0.2) is 0 Å². The number of hydrogen-bond acceptors (Lipinski definition) is 4. The van der Waals surface area contributed by atoms with Gasteiger partial charge in [0.05, 0.1) is 13.2 Å². The molecular weight excluding hydrogens is 228 g/mol. The number of methoxy groups -OCH3 is 1. The smallest absolute Gasteiger partial charge is 0.146 e. The maximum Gasteiger partial charge on any atom is 0.146 e. The average molecular weight is 246 g/mol. The van der Waals surface area contributed by atoms with E-state index in [0.717, 1.165) is 12.4 Å². The van der Waals surface area contributed by atoms with Gasteiger partial charge in [0.25, 0.3) is 0 Å². The van der Waals surface area contributed by atoms with Gasteiger partial charge in [-0.05, 0) is 11.1 Å². The molecule has 5 heteroatoms. The van der Waals surface area contributed by atoms with E-state index >= 15 is 0 Å². The molecule has 0 unspecified atom stereocenters. The summed E-state index contributed by atoms with van der Waals surface area (Å²) in [7, 11) is 3.65. The predicted molar refractivity (Wildman–Crippen MR) is 68.7 cm³/mol. The van der Waals surface area contributed by atoms with Crippen LogP contribution in [0.3, 0.4) is 0 Å². The highest BCUT2D eigenvalue weighted by molar-refractivity contribution is 5.26. The summed E-state index contributed by atoms with van der Waals surface area (Å²) in [6.07, 6.45) is 1.70. The molecule has 2 rings (SSSR count). The van der Waals surface area contributed by atoms with Crippen LogP contribution in [0, 0.1) is 0 Å². The number of ether oxygens (including phenoxy) is 1. The molecular formula is C13H18N4O. The second-order valence-corrected chi connectivity index (χ2v) is 4.16. The largest absolute Gasteiger partial charge is 0.380 e. The fraction of sp³-hybridized carbons (Fsp3) is 0.385. The van der Waals surface area contributed by atoms with Gasteiger partial charge < -0.3 is 14.6 Å². The molecule has 0 bridgehead atoms.